The van der Waals surface area contributed by atoms with Crippen LogP contribution in [0.3, 0.4) is 0 Å². The summed E-state index contributed by atoms with van der Waals surface area (Å²) in [5.74, 6) is -1.84. The van der Waals surface area contributed by atoms with Gasteiger partial charge in [0.1, 0.15) is 41.3 Å². The van der Waals surface area contributed by atoms with E-state index < -0.39 is 23.4 Å². The Morgan fingerprint density at radius 2 is 1.82 bits per heavy atom. The number of carbonyl (C=O) groups excluding carboxylic acids is 1. The van der Waals surface area contributed by atoms with Gasteiger partial charge in [0.05, 0.1) is 30.1 Å². The maximum absolute atomic E-state index is 15.0. The Hall–Kier alpha value is -3.40. The molecule has 0 saturated heterocycles. The number of halogens is 4. The van der Waals surface area contributed by atoms with E-state index in [-0.39, 0.29) is 42.9 Å². The fourth-order valence-corrected chi connectivity index (χ4v) is 5.73. The fraction of sp³-hybridized carbons (Fsp3) is 0.367. The van der Waals surface area contributed by atoms with Crippen LogP contribution in [0.25, 0.3) is 11.0 Å². The van der Waals surface area contributed by atoms with Gasteiger partial charge in [0.15, 0.2) is 0 Å². The van der Waals surface area contributed by atoms with Gasteiger partial charge in [0, 0.05) is 28.2 Å². The van der Waals surface area contributed by atoms with Crippen LogP contribution in [0.2, 0.25) is 0 Å². The van der Waals surface area contributed by atoms with Gasteiger partial charge >= 0.3 is 5.97 Å². The summed E-state index contributed by atoms with van der Waals surface area (Å²) in [6, 6.07) is 9.00. The van der Waals surface area contributed by atoms with Gasteiger partial charge in [0.25, 0.3) is 0 Å². The molecule has 2 heterocycles. The predicted molar refractivity (Wildman–Crippen MR) is 147 cm³/mol. The molecule has 10 heteroatoms. The molecular formula is C30H29BrF3N3O3. The third-order valence-corrected chi connectivity index (χ3v) is 7.75. The second-order valence-electron chi connectivity index (χ2n) is 10.0. The minimum Gasteiger partial charge on any atom is -0.487 e. The lowest BCUT2D eigenvalue weighted by Gasteiger charge is -2.30. The first-order valence-electron chi connectivity index (χ1n) is 13.3. The van der Waals surface area contributed by atoms with E-state index in [0.717, 1.165) is 12.8 Å². The molecule has 0 aliphatic heterocycles. The smallest absolute Gasteiger partial charge is 0.309 e. The number of aromatic nitrogens is 3. The van der Waals surface area contributed by atoms with Crippen LogP contribution in [0.15, 0.2) is 47.1 Å². The van der Waals surface area contributed by atoms with E-state index in [2.05, 4.69) is 20.9 Å². The van der Waals surface area contributed by atoms with Gasteiger partial charge in [-0.1, -0.05) is 28.8 Å². The molecule has 0 unspecified atom stereocenters. The van der Waals surface area contributed by atoms with Crippen LogP contribution in [0.5, 0.6) is 5.75 Å². The fourth-order valence-electron chi connectivity index (χ4n) is 5.33. The van der Waals surface area contributed by atoms with Crippen molar-refractivity contribution in [1.82, 2.24) is 14.5 Å². The zero-order chi connectivity index (χ0) is 28.4. The van der Waals surface area contributed by atoms with E-state index in [4.69, 9.17) is 14.5 Å². The average Bonchev–Trinajstić information content (AvgIpc) is 3.27. The number of ether oxygens (including phenoxy) is 2. The zero-order valence-electron chi connectivity index (χ0n) is 22.2. The van der Waals surface area contributed by atoms with Gasteiger partial charge < -0.3 is 14.0 Å². The molecule has 6 nitrogen and oxygen atoms in total. The number of imidazole rings is 1. The number of rotatable bonds is 8. The number of aryl methyl sites for hydroxylation is 1. The molecule has 1 fully saturated rings. The van der Waals surface area contributed by atoms with Gasteiger partial charge in [0.2, 0.25) is 0 Å². The van der Waals surface area contributed by atoms with Crippen molar-refractivity contribution >= 4 is 32.9 Å². The Kier molecular flexibility index (Phi) is 8.44. The van der Waals surface area contributed by atoms with Gasteiger partial charge in [-0.2, -0.15) is 0 Å². The van der Waals surface area contributed by atoms with Gasteiger partial charge in [-0.25, -0.2) is 18.2 Å². The van der Waals surface area contributed by atoms with Crippen LogP contribution in [0, 0.1) is 30.3 Å². The summed E-state index contributed by atoms with van der Waals surface area (Å²) >= 11 is 3.14. The number of hydrogen-bond donors (Lipinski definition) is 0. The minimum atomic E-state index is -0.696. The Balaban J connectivity index is 1.57. The maximum atomic E-state index is 15.0. The molecule has 0 amide bonds. The molecule has 5 rings (SSSR count). The van der Waals surface area contributed by atoms with Crippen LogP contribution in [-0.4, -0.2) is 27.1 Å². The van der Waals surface area contributed by atoms with E-state index in [9.17, 15) is 18.0 Å². The first kappa shape index (κ1) is 28.1. The van der Waals surface area contributed by atoms with Crippen LogP contribution in [0.1, 0.15) is 61.2 Å². The second kappa shape index (κ2) is 12.0. The number of esters is 1. The van der Waals surface area contributed by atoms with Crippen molar-refractivity contribution in [1.29, 1.82) is 0 Å². The number of nitrogens with zero attached hydrogens (tertiary/aromatic N) is 3. The molecule has 1 saturated carbocycles. The maximum Gasteiger partial charge on any atom is 0.309 e. The summed E-state index contributed by atoms with van der Waals surface area (Å²) in [6.45, 7) is 3.56. The lowest BCUT2D eigenvalue weighted by Crippen LogP contribution is -2.29. The highest BCUT2D eigenvalue weighted by Gasteiger charge is 2.36. The first-order chi connectivity index (χ1) is 19.2. The summed E-state index contributed by atoms with van der Waals surface area (Å²) < 4.78 is 57.6. The number of pyridine rings is 1. The molecule has 2 aromatic carbocycles. The van der Waals surface area contributed by atoms with Crippen LogP contribution < -0.4 is 4.74 Å². The molecule has 2 atom stereocenters. The highest BCUT2D eigenvalue weighted by molar-refractivity contribution is 9.10. The third-order valence-electron chi connectivity index (χ3n) is 7.29. The van der Waals surface area contributed by atoms with E-state index >= 15 is 0 Å². The SMILES string of the molecule is CCOC(=O)[C@@H]1CCCC[C@@H]1c1nc2ccc(OCc3ncc(C)cc3F)cc2n1Cc1c(F)cc(Br)cc1F. The van der Waals surface area contributed by atoms with Crippen molar-refractivity contribution in [3.8, 4) is 5.75 Å². The molecule has 0 spiro atoms. The summed E-state index contributed by atoms with van der Waals surface area (Å²) in [5.41, 5.74) is 1.92. The summed E-state index contributed by atoms with van der Waals surface area (Å²) in [5, 5.41) is 0. The number of hydrogen-bond acceptors (Lipinski definition) is 5. The van der Waals surface area contributed by atoms with E-state index in [1.54, 1.807) is 42.8 Å². The first-order valence-corrected chi connectivity index (χ1v) is 14.1. The number of carbonyl (C=O) groups is 1. The number of benzene rings is 2. The third kappa shape index (κ3) is 5.87. The Morgan fingerprint density at radius 3 is 2.55 bits per heavy atom. The van der Waals surface area contributed by atoms with Gasteiger partial charge in [-0.15, -0.1) is 0 Å². The van der Waals surface area contributed by atoms with Crippen LogP contribution in [-0.2, 0) is 22.7 Å². The molecule has 0 N–H and O–H groups in total. The zero-order valence-corrected chi connectivity index (χ0v) is 23.8. The van der Waals surface area contributed by atoms with Crippen molar-refractivity contribution in [2.75, 3.05) is 6.61 Å². The monoisotopic (exact) mass is 615 g/mol. The van der Waals surface area contributed by atoms with Crippen molar-refractivity contribution in [2.24, 2.45) is 5.92 Å². The molecule has 40 heavy (non-hydrogen) atoms. The van der Waals surface area contributed by atoms with E-state index in [0.29, 0.717) is 45.5 Å². The van der Waals surface area contributed by atoms with E-state index in [1.165, 1.54) is 18.2 Å². The molecule has 2 aromatic heterocycles. The molecule has 0 radical (unpaired) electrons. The highest BCUT2D eigenvalue weighted by Crippen LogP contribution is 2.40. The van der Waals surface area contributed by atoms with Crippen LogP contribution >= 0.6 is 15.9 Å². The Bertz CT molecular complexity index is 1540. The predicted octanol–water partition coefficient (Wildman–Crippen LogP) is 7.38. The topological polar surface area (TPSA) is 66.2 Å². The summed E-state index contributed by atoms with van der Waals surface area (Å²) in [7, 11) is 0. The van der Waals surface area contributed by atoms with Crippen molar-refractivity contribution < 1.29 is 27.4 Å². The molecule has 210 valence electrons. The van der Waals surface area contributed by atoms with Gasteiger partial charge in [-0.05, 0) is 62.6 Å². The van der Waals surface area contributed by atoms with Crippen molar-refractivity contribution in [2.45, 2.75) is 58.6 Å². The summed E-state index contributed by atoms with van der Waals surface area (Å²) in [6.07, 6.45) is 4.70. The standard InChI is InChI=1S/C30H29BrF3N3O3/c1-3-39-30(38)21-7-5-4-6-20(21)29-36-26-9-8-19(40-16-27-25(34)10-17(2)14-35-27)13-28(26)37(29)15-22-23(32)11-18(31)12-24(22)33/h8-14,20-21H,3-7,15-16H2,1-2H3/t20-,21+/m0/s1. The normalized spacial score (nSPS) is 17.2. The molecule has 4 aromatic rings. The quantitative estimate of drug-likeness (QED) is 0.193. The van der Waals surface area contributed by atoms with Gasteiger partial charge in [-0.3, -0.25) is 9.78 Å². The lowest BCUT2D eigenvalue weighted by atomic mass is 9.78. The lowest BCUT2D eigenvalue weighted by molar-refractivity contribution is -0.150. The van der Waals surface area contributed by atoms with Crippen molar-refractivity contribution in [3.05, 3.63) is 87.2 Å². The largest absolute Gasteiger partial charge is 0.487 e. The Labute approximate surface area is 238 Å². The average molecular weight is 616 g/mol. The molecular weight excluding hydrogens is 587 g/mol. The number of fused-ring (bicyclic) bond motifs is 1. The van der Waals surface area contributed by atoms with Crippen molar-refractivity contribution in [3.63, 3.8) is 0 Å². The molecule has 1 aliphatic rings. The van der Waals surface area contributed by atoms with Crippen LogP contribution in [0.4, 0.5) is 13.2 Å². The highest BCUT2D eigenvalue weighted by atomic mass is 79.9. The summed E-state index contributed by atoms with van der Waals surface area (Å²) in [4.78, 5) is 21.9. The molecule has 0 bridgehead atoms. The molecule has 1 aliphatic carbocycles. The second-order valence-corrected chi connectivity index (χ2v) is 10.9. The van der Waals surface area contributed by atoms with E-state index in [1.807, 2.05) is 0 Å². The minimum absolute atomic E-state index is 0.0951. The Morgan fingerprint density at radius 1 is 1.07 bits per heavy atom.